The largest absolute Gasteiger partial charge is 0.375 e. The van der Waals surface area contributed by atoms with Crippen LogP contribution in [0.4, 0.5) is 5.13 Å². The molecule has 0 bridgehead atoms. The number of nitrogens with zero attached hydrogens (tertiary/aromatic N) is 1. The standard InChI is InChI=1S/C8H14N2OS/c1-8(2,3)11-5-6-4-10-7(9)12-6/h4H,5H2,1-3H3,(H2,9,10). The van der Waals surface area contributed by atoms with Gasteiger partial charge in [-0.2, -0.15) is 0 Å². The Balaban J connectivity index is 2.44. The Hall–Kier alpha value is -0.610. The van der Waals surface area contributed by atoms with Gasteiger partial charge in [-0.1, -0.05) is 11.3 Å². The second kappa shape index (κ2) is 3.41. The molecule has 0 saturated heterocycles. The highest BCUT2D eigenvalue weighted by atomic mass is 32.1. The van der Waals surface area contributed by atoms with E-state index in [1.807, 2.05) is 20.8 Å². The quantitative estimate of drug-likeness (QED) is 0.769. The number of nitrogens with two attached hydrogens (primary N) is 1. The summed E-state index contributed by atoms with van der Waals surface area (Å²) in [4.78, 5) is 5.01. The SMILES string of the molecule is CC(C)(C)OCc1cnc(N)s1. The summed E-state index contributed by atoms with van der Waals surface area (Å²) in [6.07, 6.45) is 1.76. The van der Waals surface area contributed by atoms with E-state index >= 15 is 0 Å². The average Bonchev–Trinajstić information content (AvgIpc) is 2.30. The molecule has 1 aromatic heterocycles. The molecule has 1 rings (SSSR count). The Morgan fingerprint density at radius 1 is 1.58 bits per heavy atom. The second-order valence-electron chi connectivity index (χ2n) is 3.57. The molecule has 0 saturated carbocycles. The molecule has 3 nitrogen and oxygen atoms in total. The first kappa shape index (κ1) is 9.48. The fraction of sp³-hybridized carbons (Fsp3) is 0.625. The van der Waals surface area contributed by atoms with Crippen molar-refractivity contribution in [3.05, 3.63) is 11.1 Å². The van der Waals surface area contributed by atoms with Crippen molar-refractivity contribution in [1.29, 1.82) is 0 Å². The van der Waals surface area contributed by atoms with Crippen LogP contribution in [0.1, 0.15) is 25.6 Å². The van der Waals surface area contributed by atoms with E-state index in [9.17, 15) is 0 Å². The van der Waals surface area contributed by atoms with E-state index in [2.05, 4.69) is 4.98 Å². The van der Waals surface area contributed by atoms with Crippen LogP contribution in [0.2, 0.25) is 0 Å². The van der Waals surface area contributed by atoms with Gasteiger partial charge in [0.1, 0.15) is 0 Å². The van der Waals surface area contributed by atoms with Gasteiger partial charge in [0.2, 0.25) is 0 Å². The van der Waals surface area contributed by atoms with Crippen molar-refractivity contribution in [2.45, 2.75) is 33.0 Å². The summed E-state index contributed by atoms with van der Waals surface area (Å²) in [5, 5.41) is 0.600. The molecule has 4 heteroatoms. The number of ether oxygens (including phenoxy) is 1. The summed E-state index contributed by atoms with van der Waals surface area (Å²) in [5.74, 6) is 0. The number of anilines is 1. The summed E-state index contributed by atoms with van der Waals surface area (Å²) in [6.45, 7) is 6.67. The Kier molecular flexibility index (Phi) is 2.69. The van der Waals surface area contributed by atoms with E-state index in [1.165, 1.54) is 11.3 Å². The molecule has 12 heavy (non-hydrogen) atoms. The van der Waals surface area contributed by atoms with Crippen LogP contribution in [0.3, 0.4) is 0 Å². The first-order valence-electron chi connectivity index (χ1n) is 3.81. The average molecular weight is 186 g/mol. The zero-order valence-corrected chi connectivity index (χ0v) is 8.44. The van der Waals surface area contributed by atoms with Crippen LogP contribution in [-0.2, 0) is 11.3 Å². The van der Waals surface area contributed by atoms with Gasteiger partial charge in [-0.05, 0) is 20.8 Å². The van der Waals surface area contributed by atoms with Crippen LogP contribution in [-0.4, -0.2) is 10.6 Å². The van der Waals surface area contributed by atoms with E-state index in [0.29, 0.717) is 11.7 Å². The van der Waals surface area contributed by atoms with Gasteiger partial charge >= 0.3 is 0 Å². The number of nitrogen functional groups attached to an aromatic ring is 1. The van der Waals surface area contributed by atoms with Gasteiger partial charge in [0.25, 0.3) is 0 Å². The van der Waals surface area contributed by atoms with E-state index in [-0.39, 0.29) is 5.60 Å². The number of rotatable bonds is 2. The molecule has 2 N–H and O–H groups in total. The smallest absolute Gasteiger partial charge is 0.180 e. The van der Waals surface area contributed by atoms with Crippen LogP contribution < -0.4 is 5.73 Å². The third kappa shape index (κ3) is 3.19. The molecule has 0 aromatic carbocycles. The van der Waals surface area contributed by atoms with Crippen LogP contribution in [0.25, 0.3) is 0 Å². The molecule has 0 fully saturated rings. The van der Waals surface area contributed by atoms with Gasteiger partial charge in [-0.3, -0.25) is 0 Å². The second-order valence-corrected chi connectivity index (χ2v) is 4.71. The molecule has 1 aromatic rings. The lowest BCUT2D eigenvalue weighted by atomic mass is 10.2. The van der Waals surface area contributed by atoms with E-state index in [1.54, 1.807) is 6.20 Å². The van der Waals surface area contributed by atoms with E-state index in [4.69, 9.17) is 10.5 Å². The molecule has 1 heterocycles. The van der Waals surface area contributed by atoms with Gasteiger partial charge in [0.05, 0.1) is 17.1 Å². The van der Waals surface area contributed by atoms with Crippen molar-refractivity contribution in [2.24, 2.45) is 0 Å². The molecule has 0 aliphatic rings. The van der Waals surface area contributed by atoms with Crippen LogP contribution in [0, 0.1) is 0 Å². The fourth-order valence-corrected chi connectivity index (χ4v) is 1.27. The molecule has 0 unspecified atom stereocenters. The third-order valence-corrected chi connectivity index (χ3v) is 2.02. The fourth-order valence-electron chi connectivity index (χ4n) is 0.677. The number of hydrogen-bond donors (Lipinski definition) is 1. The minimum absolute atomic E-state index is 0.0985. The van der Waals surface area contributed by atoms with Gasteiger partial charge in [-0.25, -0.2) is 4.98 Å². The summed E-state index contributed by atoms with van der Waals surface area (Å²) in [7, 11) is 0. The lowest BCUT2D eigenvalue weighted by Gasteiger charge is -2.18. The molecule has 0 aliphatic carbocycles. The predicted molar refractivity (Wildman–Crippen MR) is 51.1 cm³/mol. The first-order chi connectivity index (χ1) is 5.47. The molecule has 0 atom stereocenters. The van der Waals surface area contributed by atoms with Gasteiger partial charge < -0.3 is 10.5 Å². The van der Waals surface area contributed by atoms with Crippen molar-refractivity contribution >= 4 is 16.5 Å². The number of aromatic nitrogens is 1. The zero-order chi connectivity index (χ0) is 9.19. The Morgan fingerprint density at radius 3 is 2.67 bits per heavy atom. The van der Waals surface area contributed by atoms with Crippen molar-refractivity contribution in [1.82, 2.24) is 4.98 Å². The molecule has 0 spiro atoms. The minimum atomic E-state index is -0.0985. The summed E-state index contributed by atoms with van der Waals surface area (Å²) < 4.78 is 5.54. The van der Waals surface area contributed by atoms with Crippen LogP contribution in [0.5, 0.6) is 0 Å². The van der Waals surface area contributed by atoms with Gasteiger partial charge in [0.15, 0.2) is 5.13 Å². The van der Waals surface area contributed by atoms with Crippen molar-refractivity contribution < 1.29 is 4.74 Å². The lowest BCUT2D eigenvalue weighted by molar-refractivity contribution is -0.0137. The minimum Gasteiger partial charge on any atom is -0.375 e. The normalized spacial score (nSPS) is 11.9. The third-order valence-electron chi connectivity index (χ3n) is 1.22. The molecular weight excluding hydrogens is 172 g/mol. The Bertz CT molecular complexity index is 252. The molecule has 68 valence electrons. The maximum Gasteiger partial charge on any atom is 0.180 e. The van der Waals surface area contributed by atoms with E-state index < -0.39 is 0 Å². The van der Waals surface area contributed by atoms with Crippen molar-refractivity contribution in [2.75, 3.05) is 5.73 Å². The highest BCUT2D eigenvalue weighted by Gasteiger charge is 2.10. The monoisotopic (exact) mass is 186 g/mol. The van der Waals surface area contributed by atoms with Crippen LogP contribution in [0.15, 0.2) is 6.20 Å². The van der Waals surface area contributed by atoms with Gasteiger partial charge in [-0.15, -0.1) is 0 Å². The number of thiazole rings is 1. The summed E-state index contributed by atoms with van der Waals surface area (Å²) in [6, 6.07) is 0. The Labute approximate surface area is 76.6 Å². The number of hydrogen-bond acceptors (Lipinski definition) is 4. The van der Waals surface area contributed by atoms with Crippen molar-refractivity contribution in [3.8, 4) is 0 Å². The highest BCUT2D eigenvalue weighted by Crippen LogP contribution is 2.18. The molecule has 0 aliphatic heterocycles. The predicted octanol–water partition coefficient (Wildman–Crippen LogP) is 2.04. The van der Waals surface area contributed by atoms with Crippen LogP contribution >= 0.6 is 11.3 Å². The first-order valence-corrected chi connectivity index (χ1v) is 4.63. The maximum atomic E-state index is 5.54. The molecular formula is C8H14N2OS. The van der Waals surface area contributed by atoms with Crippen molar-refractivity contribution in [3.63, 3.8) is 0 Å². The topological polar surface area (TPSA) is 48.1 Å². The Morgan fingerprint density at radius 2 is 2.25 bits per heavy atom. The highest BCUT2D eigenvalue weighted by molar-refractivity contribution is 7.15. The summed E-state index contributed by atoms with van der Waals surface area (Å²) in [5.41, 5.74) is 5.37. The molecule has 0 amide bonds. The lowest BCUT2D eigenvalue weighted by Crippen LogP contribution is -2.18. The van der Waals surface area contributed by atoms with Gasteiger partial charge in [0, 0.05) is 6.20 Å². The molecule has 0 radical (unpaired) electrons. The summed E-state index contributed by atoms with van der Waals surface area (Å²) >= 11 is 1.47. The van der Waals surface area contributed by atoms with E-state index in [0.717, 1.165) is 4.88 Å². The maximum absolute atomic E-state index is 5.54. The zero-order valence-electron chi connectivity index (χ0n) is 7.63.